The van der Waals surface area contributed by atoms with Crippen LogP contribution in [0.1, 0.15) is 46.1 Å². The standard InChI is InChI=1S/C16H24O4/c1-15(2,11-16(3,4)19)12-5-7-13(8-6-12)20-10-9-14(17)18/h5-8,19H,9-11H2,1-4H3,(H,17,18). The lowest BCUT2D eigenvalue weighted by molar-refractivity contribution is -0.137. The van der Waals surface area contributed by atoms with Crippen molar-refractivity contribution >= 4 is 5.97 Å². The highest BCUT2D eigenvalue weighted by Gasteiger charge is 2.28. The second-order valence-corrected chi connectivity index (χ2v) is 6.39. The maximum absolute atomic E-state index is 10.4. The van der Waals surface area contributed by atoms with Crippen LogP contribution in [0.3, 0.4) is 0 Å². The molecule has 112 valence electrons. The lowest BCUT2D eigenvalue weighted by atomic mass is 9.76. The minimum Gasteiger partial charge on any atom is -0.493 e. The largest absolute Gasteiger partial charge is 0.493 e. The lowest BCUT2D eigenvalue weighted by Gasteiger charge is -2.32. The molecule has 4 heteroatoms. The van der Waals surface area contributed by atoms with Crippen LogP contribution in [0.4, 0.5) is 0 Å². The van der Waals surface area contributed by atoms with Gasteiger partial charge < -0.3 is 14.9 Å². The van der Waals surface area contributed by atoms with Gasteiger partial charge in [-0.2, -0.15) is 0 Å². The highest BCUT2D eigenvalue weighted by atomic mass is 16.5. The first-order valence-corrected chi connectivity index (χ1v) is 6.78. The van der Waals surface area contributed by atoms with Crippen LogP contribution < -0.4 is 4.74 Å². The van der Waals surface area contributed by atoms with E-state index in [1.54, 1.807) is 13.8 Å². The smallest absolute Gasteiger partial charge is 0.306 e. The number of benzene rings is 1. The summed E-state index contributed by atoms with van der Waals surface area (Å²) in [5.74, 6) is -0.206. The van der Waals surface area contributed by atoms with Gasteiger partial charge in [-0.05, 0) is 43.4 Å². The molecule has 1 aromatic rings. The third kappa shape index (κ3) is 5.61. The summed E-state index contributed by atoms with van der Waals surface area (Å²) in [5, 5.41) is 18.5. The summed E-state index contributed by atoms with van der Waals surface area (Å²) in [5.41, 5.74) is 0.253. The molecule has 1 aromatic carbocycles. The van der Waals surface area contributed by atoms with Crippen LogP contribution in [0, 0.1) is 0 Å². The molecule has 0 saturated carbocycles. The Bertz CT molecular complexity index is 441. The van der Waals surface area contributed by atoms with Crippen molar-refractivity contribution in [2.75, 3.05) is 6.61 Å². The Morgan fingerprint density at radius 1 is 1.15 bits per heavy atom. The van der Waals surface area contributed by atoms with Gasteiger partial charge in [0.1, 0.15) is 5.75 Å². The summed E-state index contributed by atoms with van der Waals surface area (Å²) in [7, 11) is 0. The maximum Gasteiger partial charge on any atom is 0.306 e. The molecule has 4 nitrogen and oxygen atoms in total. The molecule has 0 aromatic heterocycles. The number of hydrogen-bond acceptors (Lipinski definition) is 3. The van der Waals surface area contributed by atoms with E-state index < -0.39 is 11.6 Å². The van der Waals surface area contributed by atoms with Gasteiger partial charge >= 0.3 is 5.97 Å². The molecule has 0 fully saturated rings. The second kappa shape index (κ2) is 6.27. The quantitative estimate of drug-likeness (QED) is 0.805. The Kier molecular flexibility index (Phi) is 5.17. The number of aliphatic carboxylic acids is 1. The van der Waals surface area contributed by atoms with Crippen LogP contribution in [0.5, 0.6) is 5.75 Å². The zero-order valence-electron chi connectivity index (χ0n) is 12.6. The minimum absolute atomic E-state index is 0.00799. The average molecular weight is 280 g/mol. The van der Waals surface area contributed by atoms with Crippen LogP contribution >= 0.6 is 0 Å². The van der Waals surface area contributed by atoms with E-state index in [9.17, 15) is 9.90 Å². The third-order valence-corrected chi connectivity index (χ3v) is 3.09. The fraction of sp³-hybridized carbons (Fsp3) is 0.562. The summed E-state index contributed by atoms with van der Waals surface area (Å²) in [6, 6.07) is 7.59. The zero-order chi connectivity index (χ0) is 15.4. The molecule has 0 radical (unpaired) electrons. The van der Waals surface area contributed by atoms with Crippen molar-refractivity contribution in [3.05, 3.63) is 29.8 Å². The molecule has 0 aliphatic carbocycles. The molecule has 2 N–H and O–H groups in total. The number of carboxylic acids is 1. The van der Waals surface area contributed by atoms with E-state index in [-0.39, 0.29) is 18.4 Å². The molecule has 0 spiro atoms. The number of carboxylic acid groups (broad SMARTS) is 1. The summed E-state index contributed by atoms with van der Waals surface area (Å²) in [4.78, 5) is 10.4. The number of ether oxygens (including phenoxy) is 1. The Morgan fingerprint density at radius 3 is 2.15 bits per heavy atom. The van der Waals surface area contributed by atoms with E-state index in [0.29, 0.717) is 12.2 Å². The molecule has 0 bridgehead atoms. The maximum atomic E-state index is 10.4. The fourth-order valence-corrected chi connectivity index (χ4v) is 2.44. The van der Waals surface area contributed by atoms with Crippen LogP contribution in [0.25, 0.3) is 0 Å². The van der Waals surface area contributed by atoms with E-state index in [4.69, 9.17) is 9.84 Å². The summed E-state index contributed by atoms with van der Waals surface area (Å²) >= 11 is 0. The third-order valence-electron chi connectivity index (χ3n) is 3.09. The van der Waals surface area contributed by atoms with Gasteiger partial charge in [0.2, 0.25) is 0 Å². The van der Waals surface area contributed by atoms with Gasteiger partial charge in [0.15, 0.2) is 0 Å². The van der Waals surface area contributed by atoms with Crippen molar-refractivity contribution in [3.8, 4) is 5.75 Å². The van der Waals surface area contributed by atoms with Crippen molar-refractivity contribution in [3.63, 3.8) is 0 Å². The van der Waals surface area contributed by atoms with Gasteiger partial charge in [0.05, 0.1) is 18.6 Å². The van der Waals surface area contributed by atoms with Crippen molar-refractivity contribution < 1.29 is 19.7 Å². The molecular weight excluding hydrogens is 256 g/mol. The van der Waals surface area contributed by atoms with Crippen molar-refractivity contribution in [1.82, 2.24) is 0 Å². The summed E-state index contributed by atoms with van der Waals surface area (Å²) < 4.78 is 5.36. The molecule has 0 atom stereocenters. The second-order valence-electron chi connectivity index (χ2n) is 6.39. The fourth-order valence-electron chi connectivity index (χ4n) is 2.44. The molecule has 0 aliphatic heterocycles. The molecule has 0 amide bonds. The zero-order valence-corrected chi connectivity index (χ0v) is 12.6. The van der Waals surface area contributed by atoms with Crippen molar-refractivity contribution in [2.24, 2.45) is 0 Å². The first kappa shape index (κ1) is 16.5. The van der Waals surface area contributed by atoms with Gasteiger partial charge in [-0.1, -0.05) is 26.0 Å². The molecule has 0 aliphatic rings. The minimum atomic E-state index is -0.868. The van der Waals surface area contributed by atoms with Crippen LogP contribution in [-0.4, -0.2) is 28.4 Å². The highest BCUT2D eigenvalue weighted by Crippen LogP contribution is 2.32. The van der Waals surface area contributed by atoms with E-state index in [2.05, 4.69) is 13.8 Å². The molecule has 0 unspecified atom stereocenters. The van der Waals surface area contributed by atoms with Gasteiger partial charge in [-0.15, -0.1) is 0 Å². The van der Waals surface area contributed by atoms with Gasteiger partial charge in [0, 0.05) is 0 Å². The molecule has 0 saturated heterocycles. The number of hydrogen-bond donors (Lipinski definition) is 2. The summed E-state index contributed by atoms with van der Waals surface area (Å²) in [6.07, 6.45) is 0.644. The molecular formula is C16H24O4. The van der Waals surface area contributed by atoms with Crippen LogP contribution in [0.15, 0.2) is 24.3 Å². The lowest BCUT2D eigenvalue weighted by Crippen LogP contribution is -2.31. The predicted octanol–water partition coefficient (Wildman–Crippen LogP) is 2.98. The number of aliphatic hydroxyl groups is 1. The van der Waals surface area contributed by atoms with E-state index >= 15 is 0 Å². The Morgan fingerprint density at radius 2 is 1.70 bits per heavy atom. The van der Waals surface area contributed by atoms with Gasteiger partial charge in [0.25, 0.3) is 0 Å². The monoisotopic (exact) mass is 280 g/mol. The van der Waals surface area contributed by atoms with Crippen LogP contribution in [-0.2, 0) is 10.2 Å². The number of carbonyl (C=O) groups is 1. The van der Waals surface area contributed by atoms with Crippen molar-refractivity contribution in [2.45, 2.75) is 51.6 Å². The van der Waals surface area contributed by atoms with Gasteiger partial charge in [-0.25, -0.2) is 0 Å². The number of rotatable bonds is 7. The van der Waals surface area contributed by atoms with E-state index in [1.807, 2.05) is 24.3 Å². The Labute approximate surface area is 120 Å². The normalized spacial score (nSPS) is 12.2. The highest BCUT2D eigenvalue weighted by molar-refractivity contribution is 5.66. The predicted molar refractivity (Wildman–Crippen MR) is 78.1 cm³/mol. The van der Waals surface area contributed by atoms with Crippen LogP contribution in [0.2, 0.25) is 0 Å². The van der Waals surface area contributed by atoms with E-state index in [0.717, 1.165) is 5.56 Å². The van der Waals surface area contributed by atoms with Gasteiger partial charge in [-0.3, -0.25) is 4.79 Å². The topological polar surface area (TPSA) is 66.8 Å². The molecule has 1 rings (SSSR count). The first-order chi connectivity index (χ1) is 9.10. The summed E-state index contributed by atoms with van der Waals surface area (Å²) in [6.45, 7) is 7.95. The SMILES string of the molecule is CC(C)(O)CC(C)(C)c1ccc(OCCC(=O)O)cc1. The van der Waals surface area contributed by atoms with Crippen molar-refractivity contribution in [1.29, 1.82) is 0 Å². The first-order valence-electron chi connectivity index (χ1n) is 6.78. The van der Waals surface area contributed by atoms with E-state index in [1.165, 1.54) is 0 Å². The molecule has 20 heavy (non-hydrogen) atoms. The Balaban J connectivity index is 2.68. The molecule has 0 heterocycles. The average Bonchev–Trinajstić information content (AvgIpc) is 2.26. The Hall–Kier alpha value is -1.55.